The molecule has 1 aromatic carbocycles. The van der Waals surface area contributed by atoms with Gasteiger partial charge >= 0.3 is 98.8 Å². The molecule has 3 heteroatoms. The molecule has 0 spiro atoms. The van der Waals surface area contributed by atoms with Gasteiger partial charge in [-0.2, -0.15) is 6.42 Å². The molecule has 1 aromatic rings. The van der Waals surface area contributed by atoms with Crippen LogP contribution in [0.15, 0.2) is 21.5 Å². The molecule has 0 aliphatic heterocycles. The van der Waals surface area contributed by atoms with E-state index in [2.05, 4.69) is 90.8 Å². The van der Waals surface area contributed by atoms with E-state index in [1.165, 1.54) is 16.8 Å². The number of rotatable bonds is 6. The number of benzene rings is 1. The monoisotopic (exact) mass is 593 g/mol. The van der Waals surface area contributed by atoms with Crippen LogP contribution in [-0.4, -0.2) is 5.71 Å². The zero-order chi connectivity index (χ0) is 24.3. The van der Waals surface area contributed by atoms with Gasteiger partial charge in [0, 0.05) is 0 Å². The van der Waals surface area contributed by atoms with Crippen molar-refractivity contribution in [1.82, 2.24) is 0 Å². The fourth-order valence-electron chi connectivity index (χ4n) is 4.40. The molecule has 1 aliphatic carbocycles. The van der Waals surface area contributed by atoms with Crippen LogP contribution in [-0.2, 0) is 20.9 Å². The predicted octanol–water partition coefficient (Wildman–Crippen LogP) is 9.50. The summed E-state index contributed by atoms with van der Waals surface area (Å²) in [6.07, 6.45) is 2.73. The van der Waals surface area contributed by atoms with Crippen LogP contribution in [0.2, 0.25) is 0 Å². The molecule has 1 aliphatic rings. The van der Waals surface area contributed by atoms with E-state index in [-0.39, 0.29) is 0 Å². The van der Waals surface area contributed by atoms with Crippen molar-refractivity contribution in [3.63, 3.8) is 0 Å². The van der Waals surface area contributed by atoms with E-state index in [1.807, 2.05) is 0 Å². The van der Waals surface area contributed by atoms with Crippen molar-refractivity contribution in [1.29, 1.82) is 0 Å². The second-order valence-electron chi connectivity index (χ2n) is 10.2. The summed E-state index contributed by atoms with van der Waals surface area (Å²) in [7, 11) is 0. The number of unbranched alkanes of at least 4 members (excludes halogenated alkanes) is 1. The van der Waals surface area contributed by atoms with Crippen molar-refractivity contribution >= 4 is 11.4 Å². The Morgan fingerprint density at radius 2 is 1.26 bits per heavy atom. The molecule has 0 atom stereocenters. The smallest absolute Gasteiger partial charge is 0.0386 e. The van der Waals surface area contributed by atoms with Crippen molar-refractivity contribution < 1.29 is 20.9 Å². The van der Waals surface area contributed by atoms with Gasteiger partial charge in [0.2, 0.25) is 0 Å². The third-order valence-electron chi connectivity index (χ3n) is 7.38. The van der Waals surface area contributed by atoms with Gasteiger partial charge in [-0.3, -0.25) is 0 Å². The molecule has 0 bridgehead atoms. The van der Waals surface area contributed by atoms with Gasteiger partial charge in [0.1, 0.15) is 0 Å². The van der Waals surface area contributed by atoms with Crippen molar-refractivity contribution in [2.75, 3.05) is 0 Å². The van der Waals surface area contributed by atoms with E-state index >= 15 is 0 Å². The number of hydrogen-bond acceptors (Lipinski definition) is 1. The normalized spacial score (nSPS) is 24.8. The molecule has 0 saturated heterocycles. The van der Waals surface area contributed by atoms with Gasteiger partial charge in [-0.15, -0.1) is 0 Å². The summed E-state index contributed by atoms with van der Waals surface area (Å²) in [4.78, 5) is 0. The Balaban J connectivity index is 0.000000465. The Morgan fingerprint density at radius 1 is 0.903 bits per heavy atom. The Hall–Kier alpha value is -0.570. The molecule has 0 radical (unpaired) electrons. The van der Waals surface area contributed by atoms with Gasteiger partial charge in [0.25, 0.3) is 0 Å². The molecule has 1 fully saturated rings. The van der Waals surface area contributed by atoms with Gasteiger partial charge in [0.05, 0.1) is 0 Å². The van der Waals surface area contributed by atoms with Gasteiger partial charge in [-0.05, 0) is 29.6 Å². The van der Waals surface area contributed by atoms with Crippen molar-refractivity contribution in [3.05, 3.63) is 41.7 Å². The zero-order valence-corrected chi connectivity index (χ0v) is 25.2. The van der Waals surface area contributed by atoms with Crippen molar-refractivity contribution in [2.45, 2.75) is 100 Å². The van der Waals surface area contributed by atoms with E-state index in [9.17, 15) is 0 Å². The molecule has 0 unspecified atom stereocenters. The summed E-state index contributed by atoms with van der Waals surface area (Å²) in [5.41, 5.74) is 4.53. The second-order valence-corrected chi connectivity index (χ2v) is 10.9. The summed E-state index contributed by atoms with van der Waals surface area (Å²) in [6, 6.07) is 6.55. The minimum atomic E-state index is 0.517. The van der Waals surface area contributed by atoms with Crippen LogP contribution < -0.4 is 0 Å². The van der Waals surface area contributed by atoms with E-state index in [4.69, 9.17) is 5.41 Å². The van der Waals surface area contributed by atoms with Crippen LogP contribution in [0.3, 0.4) is 0 Å². The first kappa shape index (κ1) is 30.4. The Bertz CT molecular complexity index is 594. The first-order valence-corrected chi connectivity index (χ1v) is 13.6. The third kappa shape index (κ3) is 9.84. The fourth-order valence-corrected chi connectivity index (χ4v) is 5.23. The van der Waals surface area contributed by atoms with Crippen LogP contribution in [0.5, 0.6) is 0 Å². The van der Waals surface area contributed by atoms with Crippen molar-refractivity contribution in [3.8, 4) is 0 Å². The summed E-state index contributed by atoms with van der Waals surface area (Å²) in [5.74, 6) is 5.81. The third-order valence-corrected chi connectivity index (χ3v) is 8.10. The average molecular weight is 594 g/mol. The van der Waals surface area contributed by atoms with Gasteiger partial charge in [-0.25, -0.2) is 5.71 Å². The van der Waals surface area contributed by atoms with E-state index in [1.54, 1.807) is 6.92 Å². The quantitative estimate of drug-likeness (QED) is 0.233. The van der Waals surface area contributed by atoms with E-state index in [0.29, 0.717) is 17.5 Å². The molecule has 2 rings (SSSR count). The summed E-state index contributed by atoms with van der Waals surface area (Å²) >= 11 is 1.09. The maximum absolute atomic E-state index is 8.57. The first-order chi connectivity index (χ1) is 14.4. The van der Waals surface area contributed by atoms with Crippen LogP contribution in [0.4, 0.5) is 5.69 Å². The minimum absolute atomic E-state index is 0.517. The van der Waals surface area contributed by atoms with Crippen LogP contribution in [0.1, 0.15) is 111 Å². The molecule has 2 nitrogen and oxygen atoms in total. The molecular weight excluding hydrogens is 545 g/mol. The number of hydrogen-bond donors (Lipinski definition) is 0. The molecule has 0 heterocycles. The molecule has 0 amide bonds. The molecule has 1 saturated carbocycles. The van der Waals surface area contributed by atoms with Crippen LogP contribution >= 0.6 is 0 Å². The largest absolute Gasteiger partial charge is 0.811 e. The fraction of sp³-hybridized carbons (Fsp3) is 0.714. The van der Waals surface area contributed by atoms with E-state index < -0.39 is 0 Å². The molecule has 31 heavy (non-hydrogen) atoms. The maximum atomic E-state index is 8.57. The molecule has 0 N–H and O–H groups in total. The van der Waals surface area contributed by atoms with Crippen LogP contribution in [0, 0.1) is 36.5 Å². The molecule has 0 aromatic heterocycles. The van der Waals surface area contributed by atoms with Gasteiger partial charge in [0.15, 0.2) is 0 Å². The van der Waals surface area contributed by atoms with Gasteiger partial charge < -0.3 is 12.3 Å². The number of nitrogens with zero attached hydrogens (tertiary/aromatic N) is 2. The standard InChI is InChI=1S/C12H17N.C10H20.C6H11N.Ta/c1-8(2)10-6-5-7-11(9(3)4)12(10)13;1-6-7(2)9(4)10(5)8(6)3;1-3-4-5-6(2)7;/h5-9H,1-4H3;6-10H,1-5H3;1,3-5H2,2H3;/q;;-2;. The topological polar surface area (TPSA) is 34.7 Å². The Labute approximate surface area is 206 Å². The zero-order valence-electron chi connectivity index (χ0n) is 21.9. The first-order valence-electron chi connectivity index (χ1n) is 12.2. The predicted molar refractivity (Wildman–Crippen MR) is 136 cm³/mol. The van der Waals surface area contributed by atoms with Crippen molar-refractivity contribution in [2.24, 2.45) is 32.9 Å². The Kier molecular flexibility index (Phi) is 15.0. The second kappa shape index (κ2) is 15.3. The summed E-state index contributed by atoms with van der Waals surface area (Å²) < 4.78 is 4.52. The Morgan fingerprint density at radius 3 is 1.45 bits per heavy atom. The van der Waals surface area contributed by atoms with Gasteiger partial charge in [-0.1, -0.05) is 54.4 Å². The summed E-state index contributed by atoms with van der Waals surface area (Å²) in [5, 5.41) is 8.57. The molecular formula is C28H48N2Ta-2. The van der Waals surface area contributed by atoms with E-state index in [0.717, 1.165) is 69.7 Å². The minimum Gasteiger partial charge on any atom is -0.811 e. The SMILES string of the molecule is CC(C)c1cccc(C(C)C)c1[N]=[Ta].CC1C(C)C(C)C(C)C1C.[CH2-]CCCC(C)=[N-]. The summed E-state index contributed by atoms with van der Waals surface area (Å²) in [6.45, 7) is 26.3. The maximum Gasteiger partial charge on any atom is -0.0386 e. The van der Waals surface area contributed by atoms with Crippen LogP contribution in [0.25, 0.3) is 5.41 Å². The average Bonchev–Trinajstić information content (AvgIpc) is 2.89. The molecule has 177 valence electrons.